The summed E-state index contributed by atoms with van der Waals surface area (Å²) in [7, 11) is 1.79. The highest BCUT2D eigenvalue weighted by Crippen LogP contribution is 2.30. The molecule has 0 atom stereocenters. The first-order chi connectivity index (χ1) is 9.66. The van der Waals surface area contributed by atoms with Crippen molar-refractivity contribution < 1.29 is 5.11 Å². The molecule has 0 aromatic heterocycles. The minimum Gasteiger partial charge on any atom is -0.493 e. The molecule has 2 aromatic carbocycles. The maximum absolute atomic E-state index is 9.99. The number of aliphatic hydroxyl groups excluding tert-OH is 1. The van der Waals surface area contributed by atoms with Gasteiger partial charge in [0.1, 0.15) is 0 Å². The van der Waals surface area contributed by atoms with E-state index < -0.39 is 0 Å². The van der Waals surface area contributed by atoms with Gasteiger partial charge in [0.25, 0.3) is 0 Å². The van der Waals surface area contributed by atoms with Crippen molar-refractivity contribution in [2.45, 2.75) is 0 Å². The van der Waals surface area contributed by atoms with E-state index >= 15 is 0 Å². The molecule has 20 heavy (non-hydrogen) atoms. The first-order valence-corrected chi connectivity index (χ1v) is 6.60. The summed E-state index contributed by atoms with van der Waals surface area (Å²) < 4.78 is 0. The molecule has 0 aliphatic carbocycles. The Kier molecular flexibility index (Phi) is 3.20. The summed E-state index contributed by atoms with van der Waals surface area (Å²) in [6.45, 7) is 0. The number of aliphatic hydroxyl groups is 1. The normalized spacial score (nSPS) is 14.2. The molecule has 1 aliphatic rings. The maximum atomic E-state index is 9.99. The van der Waals surface area contributed by atoms with E-state index in [1.54, 1.807) is 18.0 Å². The highest BCUT2D eigenvalue weighted by atomic mass is 35.5. The molecule has 100 valence electrons. The first-order valence-electron chi connectivity index (χ1n) is 6.23. The third-order valence-corrected chi connectivity index (χ3v) is 3.51. The van der Waals surface area contributed by atoms with Crippen LogP contribution in [0.1, 0.15) is 11.1 Å². The Bertz CT molecular complexity index is 708. The predicted molar refractivity (Wildman–Crippen MR) is 82.6 cm³/mol. The fourth-order valence-electron chi connectivity index (χ4n) is 2.22. The molecule has 0 saturated carbocycles. The molecule has 1 aliphatic heterocycles. The van der Waals surface area contributed by atoms with E-state index in [0.717, 1.165) is 22.5 Å². The lowest BCUT2D eigenvalue weighted by molar-refractivity contribution is 0.396. The minimum atomic E-state index is 0.0968. The van der Waals surface area contributed by atoms with Gasteiger partial charge in [0, 0.05) is 23.2 Å². The monoisotopic (exact) mass is 284 g/mol. The number of nitrogens with zero attached hydrogens (tertiary/aromatic N) is 2. The fourth-order valence-corrected chi connectivity index (χ4v) is 2.39. The molecular formula is C16H13ClN2O. The molecule has 3 rings (SSSR count). The number of hydrogen-bond donors (Lipinski definition) is 1. The Hall–Kier alpha value is -2.26. The van der Waals surface area contributed by atoms with E-state index in [2.05, 4.69) is 4.99 Å². The second-order valence-corrected chi connectivity index (χ2v) is 4.99. The number of fused-ring (bicyclic) bond motifs is 1. The van der Waals surface area contributed by atoms with Crippen LogP contribution in [0.25, 0.3) is 0 Å². The largest absolute Gasteiger partial charge is 0.493 e. The molecule has 0 bridgehead atoms. The van der Waals surface area contributed by atoms with Crippen molar-refractivity contribution in [2.24, 2.45) is 4.99 Å². The first kappa shape index (κ1) is 12.8. The molecule has 0 saturated heterocycles. The van der Waals surface area contributed by atoms with Crippen LogP contribution in [-0.4, -0.2) is 17.9 Å². The zero-order chi connectivity index (χ0) is 14.1. The molecule has 2 aromatic rings. The third-order valence-electron chi connectivity index (χ3n) is 3.28. The Morgan fingerprint density at radius 3 is 2.60 bits per heavy atom. The Morgan fingerprint density at radius 1 is 1.10 bits per heavy atom. The van der Waals surface area contributed by atoms with Gasteiger partial charge >= 0.3 is 0 Å². The molecule has 0 unspecified atom stereocenters. The van der Waals surface area contributed by atoms with Gasteiger partial charge in [0.15, 0.2) is 0 Å². The smallest absolute Gasteiger partial charge is 0.210 e. The van der Waals surface area contributed by atoms with Crippen LogP contribution in [0.5, 0.6) is 0 Å². The SMILES string of the molecule is CN1C(O)=CN=C(c2ccccc2)c2cc(Cl)ccc21. The van der Waals surface area contributed by atoms with Crippen LogP contribution >= 0.6 is 11.6 Å². The summed E-state index contributed by atoms with van der Waals surface area (Å²) in [6, 6.07) is 15.4. The predicted octanol–water partition coefficient (Wildman–Crippen LogP) is 3.98. The second-order valence-electron chi connectivity index (χ2n) is 4.55. The lowest BCUT2D eigenvalue weighted by Gasteiger charge is -2.19. The van der Waals surface area contributed by atoms with E-state index in [0.29, 0.717) is 5.02 Å². The average Bonchev–Trinajstić information content (AvgIpc) is 2.58. The zero-order valence-corrected chi connectivity index (χ0v) is 11.7. The summed E-state index contributed by atoms with van der Waals surface area (Å²) in [6.07, 6.45) is 1.45. The van der Waals surface area contributed by atoms with Crippen LogP contribution < -0.4 is 4.90 Å². The summed E-state index contributed by atoms with van der Waals surface area (Å²) in [4.78, 5) is 6.10. The van der Waals surface area contributed by atoms with E-state index in [1.807, 2.05) is 42.5 Å². The van der Waals surface area contributed by atoms with Gasteiger partial charge in [-0.1, -0.05) is 41.9 Å². The van der Waals surface area contributed by atoms with Crippen molar-refractivity contribution in [3.8, 4) is 0 Å². The number of anilines is 1. The van der Waals surface area contributed by atoms with Gasteiger partial charge in [-0.05, 0) is 18.2 Å². The highest BCUT2D eigenvalue weighted by Gasteiger charge is 2.19. The number of rotatable bonds is 1. The summed E-state index contributed by atoms with van der Waals surface area (Å²) in [5.41, 5.74) is 3.53. The number of aliphatic imine (C=N–C) groups is 1. The molecule has 4 heteroatoms. The fraction of sp³-hybridized carbons (Fsp3) is 0.0625. The second kappa shape index (κ2) is 5.02. The van der Waals surface area contributed by atoms with Crippen molar-refractivity contribution in [1.82, 2.24) is 0 Å². The van der Waals surface area contributed by atoms with E-state index in [9.17, 15) is 5.11 Å². The lowest BCUT2D eigenvalue weighted by atomic mass is 10.0. The molecule has 0 spiro atoms. The minimum absolute atomic E-state index is 0.0968. The maximum Gasteiger partial charge on any atom is 0.210 e. The van der Waals surface area contributed by atoms with Gasteiger partial charge in [-0.25, -0.2) is 4.99 Å². The quantitative estimate of drug-likeness (QED) is 0.860. The molecule has 1 N–H and O–H groups in total. The van der Waals surface area contributed by atoms with Gasteiger partial charge < -0.3 is 10.0 Å². The van der Waals surface area contributed by atoms with Gasteiger partial charge in [-0.2, -0.15) is 0 Å². The number of halogens is 1. The molecule has 3 nitrogen and oxygen atoms in total. The summed E-state index contributed by atoms with van der Waals surface area (Å²) in [5, 5.41) is 10.6. The van der Waals surface area contributed by atoms with E-state index in [1.165, 1.54) is 6.20 Å². The van der Waals surface area contributed by atoms with E-state index in [-0.39, 0.29) is 5.88 Å². The number of benzene rings is 2. The van der Waals surface area contributed by atoms with Gasteiger partial charge in [0.05, 0.1) is 17.6 Å². The lowest BCUT2D eigenvalue weighted by Crippen LogP contribution is -2.17. The molecule has 0 amide bonds. The summed E-state index contributed by atoms with van der Waals surface area (Å²) in [5.74, 6) is 0.0968. The van der Waals surface area contributed by atoms with Crippen LogP contribution in [0.15, 0.2) is 65.6 Å². The number of hydrogen-bond acceptors (Lipinski definition) is 3. The molecule has 0 fully saturated rings. The van der Waals surface area contributed by atoms with Crippen LogP contribution in [0.2, 0.25) is 5.02 Å². The van der Waals surface area contributed by atoms with Gasteiger partial charge in [-0.3, -0.25) is 0 Å². The zero-order valence-electron chi connectivity index (χ0n) is 10.9. The average molecular weight is 285 g/mol. The standard InChI is InChI=1S/C16H13ClN2O/c1-19-14-8-7-12(17)9-13(14)16(18-10-15(19)20)11-5-3-2-4-6-11/h2-10,20H,1H3. The highest BCUT2D eigenvalue weighted by molar-refractivity contribution is 6.31. The van der Waals surface area contributed by atoms with Gasteiger partial charge in [-0.15, -0.1) is 0 Å². The Morgan fingerprint density at radius 2 is 1.85 bits per heavy atom. The molecule has 1 heterocycles. The Labute approximate surface area is 122 Å². The van der Waals surface area contributed by atoms with E-state index in [4.69, 9.17) is 11.6 Å². The van der Waals surface area contributed by atoms with Crippen LogP contribution in [-0.2, 0) is 0 Å². The van der Waals surface area contributed by atoms with Crippen LogP contribution in [0, 0.1) is 0 Å². The topological polar surface area (TPSA) is 35.8 Å². The van der Waals surface area contributed by atoms with Crippen molar-refractivity contribution in [3.63, 3.8) is 0 Å². The van der Waals surface area contributed by atoms with Crippen molar-refractivity contribution in [3.05, 3.63) is 76.8 Å². The third kappa shape index (κ3) is 2.17. The summed E-state index contributed by atoms with van der Waals surface area (Å²) >= 11 is 6.11. The van der Waals surface area contributed by atoms with Crippen LogP contribution in [0.3, 0.4) is 0 Å². The Balaban J connectivity index is 2.25. The molecule has 0 radical (unpaired) electrons. The molecular weight excluding hydrogens is 272 g/mol. The van der Waals surface area contributed by atoms with Crippen LogP contribution in [0.4, 0.5) is 5.69 Å². The van der Waals surface area contributed by atoms with Crippen molar-refractivity contribution in [2.75, 3.05) is 11.9 Å². The van der Waals surface area contributed by atoms with Crippen molar-refractivity contribution >= 4 is 23.0 Å². The van der Waals surface area contributed by atoms with Crippen molar-refractivity contribution in [1.29, 1.82) is 0 Å². The van der Waals surface area contributed by atoms with Gasteiger partial charge in [0.2, 0.25) is 5.88 Å².